The van der Waals surface area contributed by atoms with Crippen LogP contribution >= 0.6 is 11.3 Å². The molecule has 5 heteroatoms. The highest BCUT2D eigenvalue weighted by molar-refractivity contribution is 7.13. The third-order valence-electron chi connectivity index (χ3n) is 2.52. The van der Waals surface area contributed by atoms with Gasteiger partial charge in [-0.1, -0.05) is 12.1 Å². The zero-order chi connectivity index (χ0) is 13.8. The van der Waals surface area contributed by atoms with Gasteiger partial charge in [0, 0.05) is 5.38 Å². The Labute approximate surface area is 116 Å². The number of carbonyl (C=O) groups is 1. The SMILES string of the molecule is Cc1cccc(O[C@H](C)C(=O)Nc2nc(C)cs2)c1. The van der Waals surface area contributed by atoms with Crippen LogP contribution in [0.15, 0.2) is 29.6 Å². The van der Waals surface area contributed by atoms with Crippen LogP contribution in [-0.4, -0.2) is 17.0 Å². The third-order valence-corrected chi connectivity index (χ3v) is 3.40. The lowest BCUT2D eigenvalue weighted by Gasteiger charge is -2.13. The first-order valence-corrected chi connectivity index (χ1v) is 6.89. The lowest BCUT2D eigenvalue weighted by molar-refractivity contribution is -0.122. The number of aromatic nitrogens is 1. The Balaban J connectivity index is 1.96. The van der Waals surface area contributed by atoms with E-state index in [1.54, 1.807) is 6.92 Å². The van der Waals surface area contributed by atoms with Gasteiger partial charge < -0.3 is 4.74 Å². The first-order chi connectivity index (χ1) is 9.04. The van der Waals surface area contributed by atoms with Crippen LogP contribution in [0.3, 0.4) is 0 Å². The average Bonchev–Trinajstić information content (AvgIpc) is 2.74. The van der Waals surface area contributed by atoms with Crippen molar-refractivity contribution in [1.29, 1.82) is 0 Å². The van der Waals surface area contributed by atoms with Crippen molar-refractivity contribution in [3.8, 4) is 5.75 Å². The summed E-state index contributed by atoms with van der Waals surface area (Å²) in [6.45, 7) is 5.59. The van der Waals surface area contributed by atoms with Crippen molar-refractivity contribution in [2.45, 2.75) is 26.9 Å². The molecule has 0 aliphatic rings. The molecule has 1 heterocycles. The Hall–Kier alpha value is -1.88. The maximum atomic E-state index is 11.9. The summed E-state index contributed by atoms with van der Waals surface area (Å²) in [6, 6.07) is 7.62. The van der Waals surface area contributed by atoms with E-state index in [2.05, 4.69) is 10.3 Å². The van der Waals surface area contributed by atoms with Gasteiger partial charge in [-0.15, -0.1) is 11.3 Å². The Bertz CT molecular complexity index is 580. The second-order valence-electron chi connectivity index (χ2n) is 4.36. The largest absolute Gasteiger partial charge is 0.481 e. The molecule has 0 saturated heterocycles. The minimum absolute atomic E-state index is 0.198. The molecular formula is C14H16N2O2S. The predicted octanol–water partition coefficient (Wildman–Crippen LogP) is 3.17. The molecule has 4 nitrogen and oxygen atoms in total. The van der Waals surface area contributed by atoms with E-state index < -0.39 is 6.10 Å². The van der Waals surface area contributed by atoms with Gasteiger partial charge in [-0.3, -0.25) is 10.1 Å². The van der Waals surface area contributed by atoms with E-state index in [0.717, 1.165) is 11.3 Å². The van der Waals surface area contributed by atoms with Crippen LogP contribution in [-0.2, 0) is 4.79 Å². The fourth-order valence-electron chi connectivity index (χ4n) is 1.56. The summed E-state index contributed by atoms with van der Waals surface area (Å²) < 4.78 is 5.60. The lowest BCUT2D eigenvalue weighted by atomic mass is 10.2. The number of carbonyl (C=O) groups excluding carboxylic acids is 1. The maximum Gasteiger partial charge on any atom is 0.266 e. The fraction of sp³-hybridized carbons (Fsp3) is 0.286. The number of rotatable bonds is 4. The molecule has 19 heavy (non-hydrogen) atoms. The highest BCUT2D eigenvalue weighted by Gasteiger charge is 2.16. The van der Waals surface area contributed by atoms with Crippen molar-refractivity contribution in [2.75, 3.05) is 5.32 Å². The number of nitrogens with zero attached hydrogens (tertiary/aromatic N) is 1. The summed E-state index contributed by atoms with van der Waals surface area (Å²) in [4.78, 5) is 16.1. The van der Waals surface area contributed by atoms with Crippen LogP contribution < -0.4 is 10.1 Å². The number of hydrogen-bond donors (Lipinski definition) is 1. The Morgan fingerprint density at radius 1 is 1.42 bits per heavy atom. The molecule has 1 atom stereocenters. The summed E-state index contributed by atoms with van der Waals surface area (Å²) in [5, 5.41) is 5.23. The van der Waals surface area contributed by atoms with E-state index in [9.17, 15) is 4.79 Å². The van der Waals surface area contributed by atoms with Gasteiger partial charge in [-0.25, -0.2) is 4.98 Å². The molecule has 2 rings (SSSR count). The van der Waals surface area contributed by atoms with Gasteiger partial charge in [-0.2, -0.15) is 0 Å². The summed E-state index contributed by atoms with van der Waals surface area (Å²) in [5.41, 5.74) is 1.99. The van der Waals surface area contributed by atoms with Crippen LogP contribution in [0.1, 0.15) is 18.2 Å². The van der Waals surface area contributed by atoms with E-state index >= 15 is 0 Å². The average molecular weight is 276 g/mol. The van der Waals surface area contributed by atoms with E-state index in [0.29, 0.717) is 10.9 Å². The van der Waals surface area contributed by atoms with Gasteiger partial charge in [0.1, 0.15) is 5.75 Å². The molecule has 0 bridgehead atoms. The summed E-state index contributed by atoms with van der Waals surface area (Å²) in [6.07, 6.45) is -0.564. The Morgan fingerprint density at radius 2 is 2.21 bits per heavy atom. The zero-order valence-electron chi connectivity index (χ0n) is 11.1. The molecule has 0 aliphatic heterocycles. The highest BCUT2D eigenvalue weighted by Crippen LogP contribution is 2.17. The molecule has 1 aromatic heterocycles. The number of thiazole rings is 1. The number of amides is 1. The van der Waals surface area contributed by atoms with Crippen molar-refractivity contribution in [1.82, 2.24) is 4.98 Å². The maximum absolute atomic E-state index is 11.9. The topological polar surface area (TPSA) is 51.2 Å². The molecule has 1 amide bonds. The summed E-state index contributed by atoms with van der Waals surface area (Å²) in [5.74, 6) is 0.494. The second kappa shape index (κ2) is 5.84. The molecule has 100 valence electrons. The van der Waals surface area contributed by atoms with Crippen molar-refractivity contribution in [2.24, 2.45) is 0 Å². The number of benzene rings is 1. The van der Waals surface area contributed by atoms with Crippen LogP contribution in [0.5, 0.6) is 5.75 Å². The summed E-state index contributed by atoms with van der Waals surface area (Å²) >= 11 is 1.41. The minimum atomic E-state index is -0.564. The van der Waals surface area contributed by atoms with Crippen LogP contribution in [0.25, 0.3) is 0 Å². The van der Waals surface area contributed by atoms with Crippen LogP contribution in [0, 0.1) is 13.8 Å². The first-order valence-electron chi connectivity index (χ1n) is 6.01. The Morgan fingerprint density at radius 3 is 2.84 bits per heavy atom. The van der Waals surface area contributed by atoms with Crippen molar-refractivity contribution in [3.05, 3.63) is 40.9 Å². The van der Waals surface area contributed by atoms with Gasteiger partial charge in [0.25, 0.3) is 5.91 Å². The predicted molar refractivity (Wildman–Crippen MR) is 76.7 cm³/mol. The molecular weight excluding hydrogens is 260 g/mol. The molecule has 0 fully saturated rings. The van der Waals surface area contributed by atoms with Gasteiger partial charge in [-0.05, 0) is 38.5 Å². The molecule has 0 unspecified atom stereocenters. The Kier molecular flexibility index (Phi) is 4.16. The third kappa shape index (κ3) is 3.79. The van der Waals surface area contributed by atoms with E-state index in [-0.39, 0.29) is 5.91 Å². The molecule has 1 aromatic carbocycles. The van der Waals surface area contributed by atoms with E-state index in [4.69, 9.17) is 4.74 Å². The minimum Gasteiger partial charge on any atom is -0.481 e. The molecule has 1 N–H and O–H groups in total. The smallest absolute Gasteiger partial charge is 0.266 e. The molecule has 0 aliphatic carbocycles. The molecule has 2 aromatic rings. The number of hydrogen-bond acceptors (Lipinski definition) is 4. The fourth-order valence-corrected chi connectivity index (χ4v) is 2.26. The van der Waals surface area contributed by atoms with Crippen LogP contribution in [0.4, 0.5) is 5.13 Å². The van der Waals surface area contributed by atoms with Crippen LogP contribution in [0.2, 0.25) is 0 Å². The quantitative estimate of drug-likeness (QED) is 0.933. The van der Waals surface area contributed by atoms with Gasteiger partial charge in [0.15, 0.2) is 11.2 Å². The van der Waals surface area contributed by atoms with E-state index in [1.807, 2.05) is 43.5 Å². The second-order valence-corrected chi connectivity index (χ2v) is 5.22. The normalized spacial score (nSPS) is 11.9. The zero-order valence-corrected chi connectivity index (χ0v) is 12.0. The number of ether oxygens (including phenoxy) is 1. The monoisotopic (exact) mass is 276 g/mol. The standard InChI is InChI=1S/C14H16N2O2S/c1-9-5-4-6-12(7-9)18-11(3)13(17)16-14-15-10(2)8-19-14/h4-8,11H,1-3H3,(H,15,16,17)/t11-/m1/s1. The number of anilines is 1. The van der Waals surface area contributed by atoms with Crippen molar-refractivity contribution in [3.63, 3.8) is 0 Å². The van der Waals surface area contributed by atoms with Gasteiger partial charge >= 0.3 is 0 Å². The highest BCUT2D eigenvalue weighted by atomic mass is 32.1. The number of aryl methyl sites for hydroxylation is 2. The molecule has 0 spiro atoms. The van der Waals surface area contributed by atoms with Gasteiger partial charge in [0.05, 0.1) is 5.69 Å². The first kappa shape index (κ1) is 13.5. The van der Waals surface area contributed by atoms with E-state index in [1.165, 1.54) is 11.3 Å². The van der Waals surface area contributed by atoms with Crippen molar-refractivity contribution < 1.29 is 9.53 Å². The molecule has 0 saturated carbocycles. The summed E-state index contributed by atoms with van der Waals surface area (Å²) in [7, 11) is 0. The lowest BCUT2D eigenvalue weighted by Crippen LogP contribution is -2.30. The van der Waals surface area contributed by atoms with Gasteiger partial charge in [0.2, 0.25) is 0 Å². The van der Waals surface area contributed by atoms with Crippen molar-refractivity contribution >= 4 is 22.4 Å². The molecule has 0 radical (unpaired) electrons. The number of nitrogens with one attached hydrogen (secondary N) is 1.